The lowest BCUT2D eigenvalue weighted by Crippen LogP contribution is -2.58. The summed E-state index contributed by atoms with van der Waals surface area (Å²) < 4.78 is 5.36. The smallest absolute Gasteiger partial charge is 0.410 e. The summed E-state index contributed by atoms with van der Waals surface area (Å²) in [5, 5.41) is 6.01. The van der Waals surface area contributed by atoms with E-state index in [2.05, 4.69) is 22.8 Å². The van der Waals surface area contributed by atoms with Gasteiger partial charge in [0.1, 0.15) is 23.7 Å². The molecule has 10 heteroatoms. The van der Waals surface area contributed by atoms with Crippen molar-refractivity contribution in [1.82, 2.24) is 20.4 Å². The van der Waals surface area contributed by atoms with E-state index in [1.165, 1.54) is 29.3 Å². The maximum atomic E-state index is 13.7. The van der Waals surface area contributed by atoms with Crippen LogP contribution in [0.4, 0.5) is 4.79 Å². The van der Waals surface area contributed by atoms with Crippen molar-refractivity contribution in [2.24, 2.45) is 5.92 Å². The highest BCUT2D eigenvalue weighted by Gasteiger charge is 2.40. The van der Waals surface area contributed by atoms with E-state index < -0.39 is 35.7 Å². The summed E-state index contributed by atoms with van der Waals surface area (Å²) in [6.45, 7) is 10.6. The van der Waals surface area contributed by atoms with Gasteiger partial charge in [-0.25, -0.2) is 4.79 Å². The highest BCUT2D eigenvalue weighted by Crippen LogP contribution is 2.31. The molecule has 1 aliphatic carbocycles. The van der Waals surface area contributed by atoms with E-state index in [1.807, 2.05) is 26.0 Å². The van der Waals surface area contributed by atoms with Gasteiger partial charge in [-0.2, -0.15) is 0 Å². The Morgan fingerprint density at radius 2 is 1.82 bits per heavy atom. The number of likely N-dealkylation sites (N-methyl/N-ethyl adjacent to an activating group) is 1. The van der Waals surface area contributed by atoms with Gasteiger partial charge in [0.25, 0.3) is 0 Å². The number of ether oxygens (including phenoxy) is 1. The van der Waals surface area contributed by atoms with Crippen LogP contribution in [0.2, 0.25) is 0 Å². The van der Waals surface area contributed by atoms with Crippen molar-refractivity contribution in [2.75, 3.05) is 18.7 Å². The number of nitrogens with one attached hydrogen (secondary N) is 2. The molecular weight excluding hydrogens is 504 g/mol. The Kier molecular flexibility index (Phi) is 9.73. The van der Waals surface area contributed by atoms with Crippen molar-refractivity contribution < 1.29 is 23.9 Å². The second kappa shape index (κ2) is 12.4. The van der Waals surface area contributed by atoms with Crippen LogP contribution in [-0.2, 0) is 25.5 Å². The Balaban J connectivity index is 1.67. The molecule has 4 atom stereocenters. The fourth-order valence-corrected chi connectivity index (χ4v) is 5.85. The van der Waals surface area contributed by atoms with Crippen molar-refractivity contribution in [3.05, 3.63) is 35.4 Å². The highest BCUT2D eigenvalue weighted by molar-refractivity contribution is 7.99. The van der Waals surface area contributed by atoms with Gasteiger partial charge in [-0.3, -0.25) is 19.3 Å². The minimum atomic E-state index is -0.850. The first-order valence-corrected chi connectivity index (χ1v) is 14.5. The Hall–Kier alpha value is -2.75. The van der Waals surface area contributed by atoms with Crippen molar-refractivity contribution in [3.63, 3.8) is 0 Å². The van der Waals surface area contributed by atoms with Gasteiger partial charge in [0, 0.05) is 12.8 Å². The number of fused-ring (bicyclic) bond motifs is 1. The van der Waals surface area contributed by atoms with Gasteiger partial charge in [0.05, 0.1) is 11.9 Å². The number of hydrogen-bond donors (Lipinski definition) is 2. The minimum absolute atomic E-state index is 0.0696. The van der Waals surface area contributed by atoms with E-state index in [0.29, 0.717) is 11.6 Å². The highest BCUT2D eigenvalue weighted by atomic mass is 32.2. The average Bonchev–Trinajstić information content (AvgIpc) is 3.35. The molecule has 9 nitrogen and oxygen atoms in total. The topological polar surface area (TPSA) is 108 Å². The predicted molar refractivity (Wildman–Crippen MR) is 148 cm³/mol. The summed E-state index contributed by atoms with van der Waals surface area (Å²) in [6, 6.07) is 5.81. The first-order valence-electron chi connectivity index (χ1n) is 13.3. The first-order chi connectivity index (χ1) is 17.8. The van der Waals surface area contributed by atoms with Gasteiger partial charge in [0.15, 0.2) is 0 Å². The number of carbonyl (C=O) groups excluding carboxylic acids is 4. The third-order valence-corrected chi connectivity index (χ3v) is 8.04. The van der Waals surface area contributed by atoms with Crippen LogP contribution in [-0.4, -0.2) is 76.0 Å². The van der Waals surface area contributed by atoms with Gasteiger partial charge in [0.2, 0.25) is 17.7 Å². The van der Waals surface area contributed by atoms with Crippen LogP contribution < -0.4 is 10.6 Å². The summed E-state index contributed by atoms with van der Waals surface area (Å²) in [5.41, 5.74) is 1.71. The number of aryl methyl sites for hydroxylation is 1. The maximum absolute atomic E-state index is 13.7. The van der Waals surface area contributed by atoms with Crippen LogP contribution >= 0.6 is 11.8 Å². The molecule has 2 N–H and O–H groups in total. The summed E-state index contributed by atoms with van der Waals surface area (Å²) in [6.07, 6.45) is 2.25. The molecule has 3 rings (SSSR count). The fraction of sp³-hybridized carbons (Fsp3) is 0.643. The molecule has 0 spiro atoms. The third kappa shape index (κ3) is 7.21. The predicted octanol–water partition coefficient (Wildman–Crippen LogP) is 3.48. The lowest BCUT2D eigenvalue weighted by molar-refractivity contribution is -0.142. The SMILES string of the molecule is CC(C)C(NC(=O)C(C)N(C)C(=O)OC(C)(C)C)C(=O)N1CSCC1C(=O)NC1CCCc2ccccc21. The number of hydrogen-bond acceptors (Lipinski definition) is 6. The van der Waals surface area contributed by atoms with Crippen LogP contribution in [0.1, 0.15) is 71.6 Å². The molecule has 0 aromatic heterocycles. The van der Waals surface area contributed by atoms with Crippen LogP contribution in [0.25, 0.3) is 0 Å². The molecule has 1 aromatic carbocycles. The van der Waals surface area contributed by atoms with Crippen LogP contribution in [0.5, 0.6) is 0 Å². The number of rotatable bonds is 7. The number of carbonyl (C=O) groups is 4. The normalized spacial score (nSPS) is 20.8. The molecule has 1 aromatic rings. The molecule has 4 unspecified atom stereocenters. The largest absolute Gasteiger partial charge is 0.444 e. The molecule has 0 bridgehead atoms. The molecule has 1 fully saturated rings. The van der Waals surface area contributed by atoms with Crippen molar-refractivity contribution >= 4 is 35.6 Å². The summed E-state index contributed by atoms with van der Waals surface area (Å²) in [5.74, 6) is -0.263. The Morgan fingerprint density at radius 3 is 2.47 bits per heavy atom. The standard InChI is InChI=1S/C28H42N4O5S/c1-17(2)23(30-24(33)18(3)31(7)27(36)37-28(4,5)6)26(35)32-16-38-15-22(32)25(34)29-21-14-10-12-19-11-8-9-13-20(19)21/h8-9,11,13,17-18,21-23H,10,12,14-16H2,1-7H3,(H,29,34)(H,30,33). The van der Waals surface area contributed by atoms with E-state index in [0.717, 1.165) is 24.8 Å². The van der Waals surface area contributed by atoms with Crippen LogP contribution in [0.15, 0.2) is 24.3 Å². The molecule has 0 saturated carbocycles. The zero-order valence-corrected chi connectivity index (χ0v) is 24.4. The lowest BCUT2D eigenvalue weighted by Gasteiger charge is -2.33. The average molecular weight is 547 g/mol. The number of amides is 4. The number of thioether (sulfide) groups is 1. The second-order valence-electron chi connectivity index (χ2n) is 11.5. The van der Waals surface area contributed by atoms with E-state index in [-0.39, 0.29) is 23.8 Å². The molecule has 1 aliphatic heterocycles. The van der Waals surface area contributed by atoms with Crippen LogP contribution in [0, 0.1) is 5.92 Å². The van der Waals surface area contributed by atoms with E-state index in [1.54, 1.807) is 32.6 Å². The monoisotopic (exact) mass is 546 g/mol. The zero-order chi connectivity index (χ0) is 28.2. The Labute approximate surface area is 230 Å². The quantitative estimate of drug-likeness (QED) is 0.542. The molecule has 1 saturated heterocycles. The lowest BCUT2D eigenvalue weighted by atomic mass is 9.87. The molecule has 4 amide bonds. The van der Waals surface area contributed by atoms with Gasteiger partial charge in [-0.05, 0) is 64.0 Å². The molecule has 210 valence electrons. The zero-order valence-electron chi connectivity index (χ0n) is 23.6. The molecule has 0 radical (unpaired) electrons. The molecule has 38 heavy (non-hydrogen) atoms. The third-order valence-electron chi connectivity index (χ3n) is 7.03. The van der Waals surface area contributed by atoms with Crippen molar-refractivity contribution in [3.8, 4) is 0 Å². The molecular formula is C28H42N4O5S. The number of benzene rings is 1. The number of nitrogens with zero attached hydrogens (tertiary/aromatic N) is 2. The Bertz CT molecular complexity index is 1040. The van der Waals surface area contributed by atoms with E-state index in [4.69, 9.17) is 4.74 Å². The fourth-order valence-electron chi connectivity index (χ4n) is 4.68. The van der Waals surface area contributed by atoms with Crippen LogP contribution in [0.3, 0.4) is 0 Å². The summed E-state index contributed by atoms with van der Waals surface area (Å²) >= 11 is 1.53. The molecule has 1 heterocycles. The van der Waals surface area contributed by atoms with E-state index >= 15 is 0 Å². The van der Waals surface area contributed by atoms with Crippen molar-refractivity contribution in [1.29, 1.82) is 0 Å². The van der Waals surface area contributed by atoms with Gasteiger partial charge in [-0.1, -0.05) is 38.1 Å². The Morgan fingerprint density at radius 1 is 1.13 bits per heavy atom. The van der Waals surface area contributed by atoms with Gasteiger partial charge in [-0.15, -0.1) is 11.8 Å². The first kappa shape index (κ1) is 29.8. The molecule has 2 aliphatic rings. The van der Waals surface area contributed by atoms with Crippen molar-refractivity contribution in [2.45, 2.75) is 90.6 Å². The minimum Gasteiger partial charge on any atom is -0.444 e. The van der Waals surface area contributed by atoms with Gasteiger partial charge >= 0.3 is 6.09 Å². The maximum Gasteiger partial charge on any atom is 0.410 e. The van der Waals surface area contributed by atoms with Gasteiger partial charge < -0.3 is 20.3 Å². The summed E-state index contributed by atoms with van der Waals surface area (Å²) in [4.78, 5) is 55.3. The van der Waals surface area contributed by atoms with E-state index in [9.17, 15) is 19.2 Å². The second-order valence-corrected chi connectivity index (χ2v) is 12.5. The summed E-state index contributed by atoms with van der Waals surface area (Å²) in [7, 11) is 1.49.